The molecular weight excluding hydrogens is 462 g/mol. The number of para-hydroxylation sites is 1. The van der Waals surface area contributed by atoms with Crippen LogP contribution in [0.15, 0.2) is 85.1 Å². The van der Waals surface area contributed by atoms with Crippen LogP contribution < -0.4 is 10.6 Å². The molecule has 0 amide bonds. The maximum Gasteiger partial charge on any atom is 0.170 e. The van der Waals surface area contributed by atoms with E-state index in [2.05, 4.69) is 102 Å². The van der Waals surface area contributed by atoms with Crippen LogP contribution in [-0.4, -0.2) is 32.7 Å². The molecule has 2 aromatic carbocycles. The van der Waals surface area contributed by atoms with Gasteiger partial charge >= 0.3 is 0 Å². The Morgan fingerprint density at radius 1 is 0.944 bits per heavy atom. The van der Waals surface area contributed by atoms with Gasteiger partial charge in [0.25, 0.3) is 0 Å². The number of hydrogen-bond acceptors (Lipinski definition) is 3. The molecular formula is C30H33N5S. The molecule has 0 saturated carbocycles. The lowest BCUT2D eigenvalue weighted by atomic mass is 9.96. The van der Waals surface area contributed by atoms with E-state index in [1.807, 2.05) is 24.4 Å². The SMILES string of the molecule is Cc1cccc(-n2c(C)cc(C3C(c4ccccn4)NC(=S)N3CCCNc3ccccc3)c2C)c1. The van der Waals surface area contributed by atoms with Crippen molar-refractivity contribution in [2.45, 2.75) is 39.3 Å². The van der Waals surface area contributed by atoms with Crippen LogP contribution in [0.5, 0.6) is 0 Å². The molecule has 0 radical (unpaired) electrons. The molecule has 1 aliphatic heterocycles. The topological polar surface area (TPSA) is 45.1 Å². The second-order valence-corrected chi connectivity index (χ2v) is 9.85. The van der Waals surface area contributed by atoms with Gasteiger partial charge in [0.05, 0.1) is 17.8 Å². The predicted octanol–water partition coefficient (Wildman–Crippen LogP) is 6.27. The van der Waals surface area contributed by atoms with Gasteiger partial charge in [0.2, 0.25) is 0 Å². The molecule has 4 aromatic rings. The average Bonchev–Trinajstić information content (AvgIpc) is 3.37. The van der Waals surface area contributed by atoms with E-state index in [9.17, 15) is 0 Å². The second kappa shape index (κ2) is 10.5. The lowest BCUT2D eigenvalue weighted by molar-refractivity contribution is 0.315. The second-order valence-electron chi connectivity index (χ2n) is 9.47. The highest BCUT2D eigenvalue weighted by Crippen LogP contribution is 2.41. The molecule has 1 aliphatic rings. The number of nitrogens with zero attached hydrogens (tertiary/aromatic N) is 3. The van der Waals surface area contributed by atoms with E-state index >= 15 is 0 Å². The van der Waals surface area contributed by atoms with Crippen LogP contribution in [-0.2, 0) is 0 Å². The molecule has 2 atom stereocenters. The molecule has 2 aromatic heterocycles. The van der Waals surface area contributed by atoms with Crippen LogP contribution in [0.3, 0.4) is 0 Å². The molecule has 36 heavy (non-hydrogen) atoms. The summed E-state index contributed by atoms with van der Waals surface area (Å²) in [6.45, 7) is 8.28. The molecule has 5 rings (SSSR count). The number of aryl methyl sites for hydroxylation is 2. The third-order valence-corrected chi connectivity index (χ3v) is 7.28. The Morgan fingerprint density at radius 3 is 2.50 bits per heavy atom. The zero-order valence-electron chi connectivity index (χ0n) is 21.1. The van der Waals surface area contributed by atoms with Crippen molar-refractivity contribution in [3.05, 3.63) is 113 Å². The monoisotopic (exact) mass is 495 g/mol. The van der Waals surface area contributed by atoms with Gasteiger partial charge in [0, 0.05) is 42.0 Å². The van der Waals surface area contributed by atoms with E-state index in [1.165, 1.54) is 28.2 Å². The Kier molecular flexibility index (Phi) is 7.05. The van der Waals surface area contributed by atoms with E-state index in [0.29, 0.717) is 0 Å². The number of benzene rings is 2. The third-order valence-electron chi connectivity index (χ3n) is 6.93. The van der Waals surface area contributed by atoms with E-state index in [0.717, 1.165) is 36.0 Å². The van der Waals surface area contributed by atoms with Gasteiger partial charge in [-0.2, -0.15) is 0 Å². The minimum atomic E-state index is -0.00718. The summed E-state index contributed by atoms with van der Waals surface area (Å²) >= 11 is 5.89. The standard InChI is InChI=1S/C30H33N5S/c1-21-11-9-14-25(19-21)35-22(2)20-26(23(35)3)29-28(27-15-7-8-16-32-27)33-30(36)34(29)18-10-17-31-24-12-5-4-6-13-24/h4-9,11-16,19-20,28-29,31H,10,17-18H2,1-3H3,(H,33,36). The smallest absolute Gasteiger partial charge is 0.170 e. The normalized spacial score (nSPS) is 17.3. The van der Waals surface area contributed by atoms with Crippen LogP contribution in [0.1, 0.15) is 46.7 Å². The van der Waals surface area contributed by atoms with Gasteiger partial charge in [0.15, 0.2) is 5.11 Å². The van der Waals surface area contributed by atoms with E-state index in [1.54, 1.807) is 0 Å². The highest BCUT2D eigenvalue weighted by molar-refractivity contribution is 7.80. The lowest BCUT2D eigenvalue weighted by Gasteiger charge is -2.28. The fourth-order valence-corrected chi connectivity index (χ4v) is 5.61. The Morgan fingerprint density at radius 2 is 1.75 bits per heavy atom. The summed E-state index contributed by atoms with van der Waals surface area (Å²) in [5.41, 5.74) is 8.34. The van der Waals surface area contributed by atoms with Gasteiger partial charge in [-0.3, -0.25) is 4.98 Å². The first kappa shape index (κ1) is 24.1. The first-order valence-electron chi connectivity index (χ1n) is 12.6. The zero-order valence-corrected chi connectivity index (χ0v) is 21.9. The minimum absolute atomic E-state index is 0.00718. The summed E-state index contributed by atoms with van der Waals surface area (Å²) in [5.74, 6) is 0. The van der Waals surface area contributed by atoms with E-state index in [4.69, 9.17) is 17.2 Å². The van der Waals surface area contributed by atoms with Crippen LogP contribution in [0.25, 0.3) is 5.69 Å². The van der Waals surface area contributed by atoms with Gasteiger partial charge < -0.3 is 20.1 Å². The predicted molar refractivity (Wildman–Crippen MR) is 152 cm³/mol. The van der Waals surface area contributed by atoms with Crippen LogP contribution in [0, 0.1) is 20.8 Å². The average molecular weight is 496 g/mol. The number of hydrogen-bond donors (Lipinski definition) is 2. The Hall–Kier alpha value is -3.64. The molecule has 6 heteroatoms. The molecule has 0 spiro atoms. The lowest BCUT2D eigenvalue weighted by Crippen LogP contribution is -2.31. The molecule has 2 N–H and O–H groups in total. The number of aromatic nitrogens is 2. The maximum absolute atomic E-state index is 5.89. The zero-order chi connectivity index (χ0) is 25.1. The number of thiocarbonyl (C=S) groups is 1. The van der Waals surface area contributed by atoms with Crippen molar-refractivity contribution in [2.24, 2.45) is 0 Å². The summed E-state index contributed by atoms with van der Waals surface area (Å²) in [7, 11) is 0. The molecule has 3 heterocycles. The van der Waals surface area contributed by atoms with Gasteiger partial charge in [0.1, 0.15) is 0 Å². The molecule has 0 aliphatic carbocycles. The first-order valence-corrected chi connectivity index (χ1v) is 13.0. The van der Waals surface area contributed by atoms with Gasteiger partial charge in [-0.1, -0.05) is 36.4 Å². The van der Waals surface area contributed by atoms with Gasteiger partial charge in [-0.05, 0) is 93.0 Å². The molecule has 2 unspecified atom stereocenters. The van der Waals surface area contributed by atoms with Crippen molar-refractivity contribution in [2.75, 3.05) is 18.4 Å². The van der Waals surface area contributed by atoms with Gasteiger partial charge in [-0.25, -0.2) is 0 Å². The van der Waals surface area contributed by atoms with Gasteiger partial charge in [-0.15, -0.1) is 0 Å². The highest BCUT2D eigenvalue weighted by atomic mass is 32.1. The summed E-state index contributed by atoms with van der Waals surface area (Å²) in [5, 5.41) is 7.91. The van der Waals surface area contributed by atoms with Crippen molar-refractivity contribution in [3.63, 3.8) is 0 Å². The fraction of sp³-hybridized carbons (Fsp3) is 0.267. The summed E-state index contributed by atoms with van der Waals surface area (Å²) in [4.78, 5) is 7.05. The Bertz CT molecular complexity index is 1330. The van der Waals surface area contributed by atoms with Crippen molar-refractivity contribution in [1.29, 1.82) is 0 Å². The number of rotatable bonds is 8. The first-order chi connectivity index (χ1) is 17.5. The molecule has 184 valence electrons. The van der Waals surface area contributed by atoms with Crippen molar-refractivity contribution in [1.82, 2.24) is 19.8 Å². The number of anilines is 1. The van der Waals surface area contributed by atoms with Crippen LogP contribution >= 0.6 is 12.2 Å². The number of nitrogens with one attached hydrogen (secondary N) is 2. The quantitative estimate of drug-likeness (QED) is 0.223. The molecule has 5 nitrogen and oxygen atoms in total. The molecule has 0 bridgehead atoms. The Labute approximate surface area is 219 Å². The van der Waals surface area contributed by atoms with Crippen LogP contribution in [0.2, 0.25) is 0 Å². The fourth-order valence-electron chi connectivity index (χ4n) is 5.27. The van der Waals surface area contributed by atoms with Crippen molar-refractivity contribution >= 4 is 23.0 Å². The highest BCUT2D eigenvalue weighted by Gasteiger charge is 2.41. The van der Waals surface area contributed by atoms with Crippen molar-refractivity contribution < 1.29 is 0 Å². The Balaban J connectivity index is 1.46. The van der Waals surface area contributed by atoms with E-state index in [-0.39, 0.29) is 12.1 Å². The largest absolute Gasteiger partial charge is 0.385 e. The van der Waals surface area contributed by atoms with Crippen LogP contribution in [0.4, 0.5) is 5.69 Å². The van der Waals surface area contributed by atoms with E-state index < -0.39 is 0 Å². The maximum atomic E-state index is 5.89. The summed E-state index contributed by atoms with van der Waals surface area (Å²) in [6.07, 6.45) is 2.83. The summed E-state index contributed by atoms with van der Waals surface area (Å²) < 4.78 is 2.36. The molecule has 1 fully saturated rings. The molecule has 1 saturated heterocycles. The summed E-state index contributed by atoms with van der Waals surface area (Å²) in [6, 6.07) is 27.5. The van der Waals surface area contributed by atoms with Crippen molar-refractivity contribution in [3.8, 4) is 5.69 Å². The minimum Gasteiger partial charge on any atom is -0.385 e. The third kappa shape index (κ3) is 4.86. The number of pyridine rings is 1.